The summed E-state index contributed by atoms with van der Waals surface area (Å²) in [5.41, 5.74) is 1.99. The molecule has 0 radical (unpaired) electrons. The molecule has 0 fully saturated rings. The molecule has 0 N–H and O–H groups in total. The first-order valence-corrected chi connectivity index (χ1v) is 8.06. The Morgan fingerprint density at radius 3 is 2.70 bits per heavy atom. The number of pyridine rings is 1. The van der Waals surface area contributed by atoms with Crippen LogP contribution in [0.4, 0.5) is 5.69 Å². The molecule has 0 atom stereocenters. The Bertz CT molecular complexity index is 714. The molecular weight excluding hydrogens is 312 g/mol. The number of rotatable bonds is 6. The first-order valence-electron chi connectivity index (χ1n) is 7.24. The average molecular weight is 332 g/mol. The Morgan fingerprint density at radius 2 is 2.09 bits per heavy atom. The average Bonchev–Trinajstić information content (AvgIpc) is 2.88. The Morgan fingerprint density at radius 1 is 1.35 bits per heavy atom. The van der Waals surface area contributed by atoms with Crippen LogP contribution in [0, 0.1) is 13.8 Å². The minimum atomic E-state index is -0.152. The summed E-state index contributed by atoms with van der Waals surface area (Å²) < 4.78 is 0. The largest absolute Gasteiger partial charge is 0.341 e. The van der Waals surface area contributed by atoms with Crippen LogP contribution >= 0.6 is 11.3 Å². The van der Waals surface area contributed by atoms with Gasteiger partial charge in [0.05, 0.1) is 22.0 Å². The molecule has 2 heterocycles. The van der Waals surface area contributed by atoms with Crippen LogP contribution in [0.1, 0.15) is 25.9 Å². The zero-order valence-corrected chi connectivity index (χ0v) is 14.6. The summed E-state index contributed by atoms with van der Waals surface area (Å²) in [5, 5.41) is 1.04. The number of amides is 2. The van der Waals surface area contributed by atoms with E-state index in [1.807, 2.05) is 13.8 Å². The van der Waals surface area contributed by atoms with Gasteiger partial charge in [-0.05, 0) is 19.9 Å². The van der Waals surface area contributed by atoms with Gasteiger partial charge in [0.2, 0.25) is 6.41 Å². The van der Waals surface area contributed by atoms with Gasteiger partial charge >= 0.3 is 0 Å². The molecule has 0 aromatic carbocycles. The number of carbonyl (C=O) groups is 2. The molecular formula is C16H20N4O2S. The van der Waals surface area contributed by atoms with Crippen molar-refractivity contribution in [2.24, 2.45) is 0 Å². The Balaban J connectivity index is 2.11. The fraction of sp³-hybridized carbons (Fsp3) is 0.375. The normalized spacial score (nSPS) is 10.4. The van der Waals surface area contributed by atoms with Crippen LogP contribution < -0.4 is 4.90 Å². The van der Waals surface area contributed by atoms with E-state index in [1.165, 1.54) is 16.0 Å². The van der Waals surface area contributed by atoms with E-state index < -0.39 is 0 Å². The number of aryl methyl sites for hydroxylation is 2. The van der Waals surface area contributed by atoms with Crippen molar-refractivity contribution in [1.82, 2.24) is 14.9 Å². The number of anilines is 1. The van der Waals surface area contributed by atoms with Crippen molar-refractivity contribution >= 4 is 29.3 Å². The smallest absolute Gasteiger partial charge is 0.257 e. The first-order chi connectivity index (χ1) is 10.9. The Kier molecular flexibility index (Phi) is 5.44. The SMILES string of the molecule is Cc1nc(C)c(CCN(C)C(=O)c2cnccc2N(C)C=O)s1. The van der Waals surface area contributed by atoms with Gasteiger partial charge in [0.1, 0.15) is 0 Å². The third kappa shape index (κ3) is 3.92. The van der Waals surface area contributed by atoms with Gasteiger partial charge in [0.25, 0.3) is 5.91 Å². The lowest BCUT2D eigenvalue weighted by Crippen LogP contribution is -2.30. The monoisotopic (exact) mass is 332 g/mol. The lowest BCUT2D eigenvalue weighted by atomic mass is 10.2. The van der Waals surface area contributed by atoms with E-state index in [-0.39, 0.29) is 5.91 Å². The van der Waals surface area contributed by atoms with Crippen molar-refractivity contribution in [1.29, 1.82) is 0 Å². The molecule has 0 bridgehead atoms. The third-order valence-electron chi connectivity index (χ3n) is 3.59. The van der Waals surface area contributed by atoms with Gasteiger partial charge in [-0.2, -0.15) is 0 Å². The third-order valence-corrected chi connectivity index (χ3v) is 4.72. The van der Waals surface area contributed by atoms with Gasteiger partial charge in [-0.3, -0.25) is 14.6 Å². The van der Waals surface area contributed by atoms with Crippen molar-refractivity contribution < 1.29 is 9.59 Å². The van der Waals surface area contributed by atoms with Crippen LogP contribution in [-0.2, 0) is 11.2 Å². The molecule has 2 rings (SSSR count). The summed E-state index contributed by atoms with van der Waals surface area (Å²) in [6.45, 7) is 4.55. The van der Waals surface area contributed by atoms with E-state index in [0.717, 1.165) is 17.1 Å². The lowest BCUT2D eigenvalue weighted by molar-refractivity contribution is -0.107. The van der Waals surface area contributed by atoms with Crippen molar-refractivity contribution in [3.8, 4) is 0 Å². The molecule has 0 aliphatic heterocycles. The number of likely N-dealkylation sites (N-methyl/N-ethyl adjacent to an activating group) is 1. The van der Waals surface area contributed by atoms with Gasteiger partial charge in [-0.1, -0.05) is 0 Å². The van der Waals surface area contributed by atoms with E-state index in [2.05, 4.69) is 9.97 Å². The quantitative estimate of drug-likeness (QED) is 0.760. The molecule has 0 spiro atoms. The number of nitrogens with zero attached hydrogens (tertiary/aromatic N) is 4. The standard InChI is InChI=1S/C16H20N4O2S/c1-11-15(23-12(2)18-11)6-8-19(3)16(22)13-9-17-7-5-14(13)20(4)10-21/h5,7,9-10H,6,8H2,1-4H3. The minimum Gasteiger partial charge on any atom is -0.341 e. The second-order valence-electron chi connectivity index (χ2n) is 5.33. The van der Waals surface area contributed by atoms with Crippen LogP contribution in [0.15, 0.2) is 18.5 Å². The maximum absolute atomic E-state index is 12.6. The summed E-state index contributed by atoms with van der Waals surface area (Å²) in [5.74, 6) is -0.152. The molecule has 7 heteroatoms. The van der Waals surface area contributed by atoms with Gasteiger partial charge in [-0.25, -0.2) is 4.98 Å². The summed E-state index contributed by atoms with van der Waals surface area (Å²) in [4.78, 5) is 36.2. The topological polar surface area (TPSA) is 66.4 Å². The number of hydrogen-bond donors (Lipinski definition) is 0. The van der Waals surface area contributed by atoms with Gasteiger partial charge in [0.15, 0.2) is 0 Å². The molecule has 2 aromatic heterocycles. The van der Waals surface area contributed by atoms with Gasteiger partial charge in [-0.15, -0.1) is 11.3 Å². The summed E-state index contributed by atoms with van der Waals surface area (Å²) in [6.07, 6.45) is 4.50. The molecule has 0 aliphatic rings. The molecule has 6 nitrogen and oxygen atoms in total. The number of thiazole rings is 1. The molecule has 2 aromatic rings. The van der Waals surface area contributed by atoms with E-state index in [4.69, 9.17) is 0 Å². The van der Waals surface area contributed by atoms with Crippen molar-refractivity contribution in [2.75, 3.05) is 25.5 Å². The van der Waals surface area contributed by atoms with Crippen LogP contribution in [-0.4, -0.2) is 47.8 Å². The van der Waals surface area contributed by atoms with Crippen LogP contribution in [0.3, 0.4) is 0 Å². The Hall–Kier alpha value is -2.28. The summed E-state index contributed by atoms with van der Waals surface area (Å²) in [7, 11) is 3.37. The van der Waals surface area contributed by atoms with E-state index in [9.17, 15) is 9.59 Å². The first kappa shape index (κ1) is 17.1. The fourth-order valence-electron chi connectivity index (χ4n) is 2.30. The second-order valence-corrected chi connectivity index (χ2v) is 6.62. The fourth-order valence-corrected chi connectivity index (χ4v) is 3.22. The maximum Gasteiger partial charge on any atom is 0.257 e. The minimum absolute atomic E-state index is 0.152. The number of hydrogen-bond acceptors (Lipinski definition) is 5. The molecule has 122 valence electrons. The maximum atomic E-state index is 12.6. The van der Waals surface area contributed by atoms with Crippen LogP contribution in [0.2, 0.25) is 0 Å². The van der Waals surface area contributed by atoms with E-state index >= 15 is 0 Å². The molecule has 0 saturated heterocycles. The highest BCUT2D eigenvalue weighted by Gasteiger charge is 2.18. The zero-order chi connectivity index (χ0) is 17.0. The van der Waals surface area contributed by atoms with E-state index in [0.29, 0.717) is 24.2 Å². The van der Waals surface area contributed by atoms with Crippen LogP contribution in [0.25, 0.3) is 0 Å². The molecule has 2 amide bonds. The molecule has 23 heavy (non-hydrogen) atoms. The highest BCUT2D eigenvalue weighted by molar-refractivity contribution is 7.11. The highest BCUT2D eigenvalue weighted by atomic mass is 32.1. The zero-order valence-electron chi connectivity index (χ0n) is 13.7. The van der Waals surface area contributed by atoms with Gasteiger partial charge < -0.3 is 9.80 Å². The summed E-state index contributed by atoms with van der Waals surface area (Å²) >= 11 is 1.66. The lowest BCUT2D eigenvalue weighted by Gasteiger charge is -2.20. The van der Waals surface area contributed by atoms with Gasteiger partial charge in [0, 0.05) is 44.3 Å². The van der Waals surface area contributed by atoms with Crippen molar-refractivity contribution in [2.45, 2.75) is 20.3 Å². The predicted molar refractivity (Wildman–Crippen MR) is 91.0 cm³/mol. The molecule has 0 saturated carbocycles. The van der Waals surface area contributed by atoms with Crippen molar-refractivity contribution in [3.63, 3.8) is 0 Å². The summed E-state index contributed by atoms with van der Waals surface area (Å²) in [6, 6.07) is 1.66. The highest BCUT2D eigenvalue weighted by Crippen LogP contribution is 2.20. The second kappa shape index (κ2) is 7.32. The number of aromatic nitrogens is 2. The molecule has 0 aliphatic carbocycles. The predicted octanol–water partition coefficient (Wildman–Crippen LogP) is 2.06. The Labute approximate surface area is 139 Å². The van der Waals surface area contributed by atoms with E-state index in [1.54, 1.807) is 42.6 Å². The molecule has 0 unspecified atom stereocenters. The van der Waals surface area contributed by atoms with Crippen molar-refractivity contribution in [3.05, 3.63) is 39.6 Å². The number of carbonyl (C=O) groups excluding carboxylic acids is 2. The van der Waals surface area contributed by atoms with Crippen LogP contribution in [0.5, 0.6) is 0 Å².